The van der Waals surface area contributed by atoms with Crippen LogP contribution in [0, 0.1) is 0 Å². The van der Waals surface area contributed by atoms with Crippen molar-refractivity contribution in [3.05, 3.63) is 15.9 Å². The Morgan fingerprint density at radius 1 is 1.48 bits per heavy atom. The van der Waals surface area contributed by atoms with E-state index in [4.69, 9.17) is 9.72 Å². The third-order valence-corrected chi connectivity index (χ3v) is 7.49. The van der Waals surface area contributed by atoms with Gasteiger partial charge in [0.25, 0.3) is 5.56 Å². The van der Waals surface area contributed by atoms with Crippen molar-refractivity contribution in [2.45, 2.75) is 35.2 Å². The van der Waals surface area contributed by atoms with Gasteiger partial charge in [0.05, 0.1) is 15.3 Å². The molecule has 0 spiro atoms. The molecule has 25 heavy (non-hydrogen) atoms. The van der Waals surface area contributed by atoms with E-state index in [9.17, 15) is 9.59 Å². The molecule has 0 saturated heterocycles. The summed E-state index contributed by atoms with van der Waals surface area (Å²) in [6.07, 6.45) is 2.78. The summed E-state index contributed by atoms with van der Waals surface area (Å²) in [5.74, 6) is 1.27. The van der Waals surface area contributed by atoms with Crippen molar-refractivity contribution in [1.29, 1.82) is 0 Å². The maximum absolute atomic E-state index is 13.2. The van der Waals surface area contributed by atoms with Gasteiger partial charge in [0.1, 0.15) is 4.83 Å². The predicted molar refractivity (Wildman–Crippen MR) is 104 cm³/mol. The Hall–Kier alpha value is -1.03. The number of thioether (sulfide) groups is 2. The molecule has 0 bridgehead atoms. The summed E-state index contributed by atoms with van der Waals surface area (Å²) >= 11 is 4.73. The van der Waals surface area contributed by atoms with Crippen LogP contribution in [-0.2, 0) is 22.5 Å². The molecular formula is C16H21N3O3S3. The van der Waals surface area contributed by atoms with Gasteiger partial charge >= 0.3 is 0 Å². The van der Waals surface area contributed by atoms with Gasteiger partial charge in [0.15, 0.2) is 5.16 Å². The zero-order valence-electron chi connectivity index (χ0n) is 14.3. The van der Waals surface area contributed by atoms with Crippen molar-refractivity contribution in [3.8, 4) is 0 Å². The topological polar surface area (TPSA) is 73.2 Å². The smallest absolute Gasteiger partial charge is 0.263 e. The summed E-state index contributed by atoms with van der Waals surface area (Å²) in [6.45, 7) is 1.13. The number of fused-ring (bicyclic) bond motifs is 3. The molecule has 136 valence electrons. The van der Waals surface area contributed by atoms with Gasteiger partial charge in [-0.3, -0.25) is 14.2 Å². The number of ether oxygens (including phenoxy) is 1. The van der Waals surface area contributed by atoms with Crippen LogP contribution in [0.4, 0.5) is 0 Å². The lowest BCUT2D eigenvalue weighted by Crippen LogP contribution is -2.26. The number of rotatable bonds is 7. The number of aryl methyl sites for hydroxylation is 1. The van der Waals surface area contributed by atoms with E-state index < -0.39 is 0 Å². The van der Waals surface area contributed by atoms with E-state index in [2.05, 4.69) is 5.32 Å². The van der Waals surface area contributed by atoms with Crippen LogP contribution in [0.1, 0.15) is 18.4 Å². The standard InChI is InChI=1S/C16H21N3O3S3/c1-17-11(20)9-24-16-18-13-12(10-5-3-8-23-15(10)25-13)14(21)19(16)6-4-7-22-2/h3-9H2,1-2H3,(H,17,20). The van der Waals surface area contributed by atoms with Gasteiger partial charge in [-0.25, -0.2) is 4.98 Å². The Kier molecular flexibility index (Phi) is 6.43. The fraction of sp³-hybridized carbons (Fsp3) is 0.562. The Morgan fingerprint density at radius 2 is 2.32 bits per heavy atom. The van der Waals surface area contributed by atoms with Gasteiger partial charge in [0, 0.05) is 27.3 Å². The number of carbonyl (C=O) groups excluding carboxylic acids is 1. The molecule has 0 fully saturated rings. The zero-order valence-corrected chi connectivity index (χ0v) is 16.7. The molecule has 1 amide bonds. The van der Waals surface area contributed by atoms with Gasteiger partial charge in [-0.15, -0.1) is 23.1 Å². The van der Waals surface area contributed by atoms with Gasteiger partial charge in [-0.05, 0) is 30.6 Å². The number of methoxy groups -OCH3 is 1. The second-order valence-electron chi connectivity index (χ2n) is 5.66. The average Bonchev–Trinajstić information content (AvgIpc) is 3.00. The van der Waals surface area contributed by atoms with Crippen molar-refractivity contribution in [1.82, 2.24) is 14.9 Å². The second kappa shape index (κ2) is 8.57. The van der Waals surface area contributed by atoms with E-state index in [1.807, 2.05) is 11.8 Å². The number of carbonyl (C=O) groups is 1. The fourth-order valence-corrected chi connectivity index (χ4v) is 6.20. The van der Waals surface area contributed by atoms with Crippen LogP contribution in [0.2, 0.25) is 0 Å². The minimum Gasteiger partial charge on any atom is -0.385 e. The lowest BCUT2D eigenvalue weighted by Gasteiger charge is -2.13. The molecule has 0 unspecified atom stereocenters. The lowest BCUT2D eigenvalue weighted by atomic mass is 10.1. The molecule has 0 atom stereocenters. The molecule has 6 nitrogen and oxygen atoms in total. The summed E-state index contributed by atoms with van der Waals surface area (Å²) in [5, 5.41) is 3.99. The van der Waals surface area contributed by atoms with Crippen molar-refractivity contribution >= 4 is 51.0 Å². The van der Waals surface area contributed by atoms with Gasteiger partial charge in [-0.2, -0.15) is 0 Å². The summed E-state index contributed by atoms with van der Waals surface area (Å²) < 4.78 is 8.05. The van der Waals surface area contributed by atoms with Crippen molar-refractivity contribution in [3.63, 3.8) is 0 Å². The zero-order chi connectivity index (χ0) is 17.8. The normalized spacial score (nSPS) is 13.8. The van der Waals surface area contributed by atoms with Crippen molar-refractivity contribution < 1.29 is 9.53 Å². The van der Waals surface area contributed by atoms with Crippen LogP contribution in [0.5, 0.6) is 0 Å². The van der Waals surface area contributed by atoms with Crippen molar-refractivity contribution in [2.75, 3.05) is 32.3 Å². The molecule has 0 saturated carbocycles. The Labute approximate surface area is 158 Å². The SMILES string of the molecule is CNC(=O)CSc1nc2sc3c(c2c(=O)n1CCCOC)CCCS3. The summed E-state index contributed by atoms with van der Waals surface area (Å²) in [7, 11) is 3.26. The Bertz CT molecular complexity index is 831. The van der Waals surface area contributed by atoms with Gasteiger partial charge < -0.3 is 10.1 Å². The highest BCUT2D eigenvalue weighted by atomic mass is 32.2. The number of hydrogen-bond donors (Lipinski definition) is 1. The van der Waals surface area contributed by atoms with Crippen LogP contribution in [-0.4, -0.2) is 47.7 Å². The maximum atomic E-state index is 13.2. The third-order valence-electron chi connectivity index (χ3n) is 3.98. The van der Waals surface area contributed by atoms with E-state index in [0.29, 0.717) is 18.3 Å². The molecule has 1 N–H and O–H groups in total. The van der Waals surface area contributed by atoms with E-state index in [1.54, 1.807) is 30.1 Å². The van der Waals surface area contributed by atoms with Crippen LogP contribution in [0.3, 0.4) is 0 Å². The number of hydrogen-bond acceptors (Lipinski definition) is 7. The summed E-state index contributed by atoms with van der Waals surface area (Å²) in [4.78, 5) is 30.3. The van der Waals surface area contributed by atoms with Crippen LogP contribution < -0.4 is 10.9 Å². The van der Waals surface area contributed by atoms with Crippen LogP contribution >= 0.6 is 34.9 Å². The van der Waals surface area contributed by atoms with Crippen molar-refractivity contribution in [2.24, 2.45) is 0 Å². The molecule has 9 heteroatoms. The molecule has 2 aromatic rings. The van der Waals surface area contributed by atoms with Gasteiger partial charge in [-0.1, -0.05) is 11.8 Å². The third kappa shape index (κ3) is 4.05. The minimum absolute atomic E-state index is 0.0144. The first-order valence-corrected chi connectivity index (χ1v) is 11.0. The molecule has 1 aliphatic heterocycles. The first-order valence-electron chi connectivity index (χ1n) is 8.17. The quantitative estimate of drug-likeness (QED) is 0.438. The van der Waals surface area contributed by atoms with Crippen LogP contribution in [0.15, 0.2) is 14.2 Å². The second-order valence-corrected chi connectivity index (χ2v) is 8.96. The van der Waals surface area contributed by atoms with E-state index in [1.165, 1.54) is 16.0 Å². The van der Waals surface area contributed by atoms with Crippen LogP contribution in [0.25, 0.3) is 10.2 Å². The van der Waals surface area contributed by atoms with E-state index in [0.717, 1.165) is 40.8 Å². The maximum Gasteiger partial charge on any atom is 0.263 e. The molecule has 0 aromatic carbocycles. The molecule has 3 rings (SSSR count). The highest BCUT2D eigenvalue weighted by Crippen LogP contribution is 2.40. The monoisotopic (exact) mass is 399 g/mol. The predicted octanol–water partition coefficient (Wildman–Crippen LogP) is 2.37. The van der Waals surface area contributed by atoms with Gasteiger partial charge in [0.2, 0.25) is 5.91 Å². The Balaban J connectivity index is 2.03. The highest BCUT2D eigenvalue weighted by molar-refractivity contribution is 8.01. The molecule has 2 aromatic heterocycles. The highest BCUT2D eigenvalue weighted by Gasteiger charge is 2.22. The molecule has 0 radical (unpaired) electrons. The number of thiophene rings is 1. The summed E-state index contributed by atoms with van der Waals surface area (Å²) in [6, 6.07) is 0. The number of nitrogens with one attached hydrogen (secondary N) is 1. The minimum atomic E-state index is -0.0798. The average molecular weight is 400 g/mol. The largest absolute Gasteiger partial charge is 0.385 e. The fourth-order valence-electron chi connectivity index (χ4n) is 2.73. The number of aromatic nitrogens is 2. The van der Waals surface area contributed by atoms with E-state index in [-0.39, 0.29) is 17.2 Å². The first kappa shape index (κ1) is 18.8. The molecular weight excluding hydrogens is 378 g/mol. The number of nitrogens with zero attached hydrogens (tertiary/aromatic N) is 2. The molecule has 0 aliphatic carbocycles. The number of amides is 1. The Morgan fingerprint density at radius 3 is 3.08 bits per heavy atom. The summed E-state index contributed by atoms with van der Waals surface area (Å²) in [5.41, 5.74) is 1.18. The molecule has 3 heterocycles. The lowest BCUT2D eigenvalue weighted by molar-refractivity contribution is -0.118. The molecule has 1 aliphatic rings. The van der Waals surface area contributed by atoms with E-state index >= 15 is 0 Å². The first-order chi connectivity index (χ1) is 12.2.